The van der Waals surface area contributed by atoms with Crippen molar-refractivity contribution >= 4 is 16.8 Å². The number of hydrogen-bond acceptors (Lipinski definition) is 5. The molecule has 0 saturated carbocycles. The van der Waals surface area contributed by atoms with Crippen molar-refractivity contribution in [1.29, 1.82) is 0 Å². The maximum absolute atomic E-state index is 14.0. The third-order valence-corrected chi connectivity index (χ3v) is 6.31. The van der Waals surface area contributed by atoms with E-state index in [0.717, 1.165) is 19.6 Å². The van der Waals surface area contributed by atoms with Gasteiger partial charge in [0.15, 0.2) is 0 Å². The molecule has 1 N–H and O–H groups in total. The molecule has 1 atom stereocenters. The summed E-state index contributed by atoms with van der Waals surface area (Å²) in [5.74, 6) is 0.425. The van der Waals surface area contributed by atoms with Gasteiger partial charge in [-0.15, -0.1) is 0 Å². The lowest BCUT2D eigenvalue weighted by atomic mass is 10.1. The van der Waals surface area contributed by atoms with Crippen molar-refractivity contribution in [3.63, 3.8) is 0 Å². The van der Waals surface area contributed by atoms with Crippen LogP contribution in [0.5, 0.6) is 5.75 Å². The predicted molar refractivity (Wildman–Crippen MR) is 140 cm³/mol. The van der Waals surface area contributed by atoms with Gasteiger partial charge >= 0.3 is 0 Å². The van der Waals surface area contributed by atoms with Crippen LogP contribution in [-0.4, -0.2) is 52.6 Å². The Labute approximate surface area is 211 Å². The zero-order valence-electron chi connectivity index (χ0n) is 21.3. The molecule has 1 amide bonds. The summed E-state index contributed by atoms with van der Waals surface area (Å²) in [5.41, 5.74) is 0.525. The van der Waals surface area contributed by atoms with Crippen molar-refractivity contribution < 1.29 is 13.9 Å². The third-order valence-electron chi connectivity index (χ3n) is 6.31. The Hall–Kier alpha value is -3.26. The van der Waals surface area contributed by atoms with E-state index in [-0.39, 0.29) is 29.9 Å². The number of likely N-dealkylation sites (tertiary alicyclic amines) is 1. The van der Waals surface area contributed by atoms with Crippen molar-refractivity contribution in [1.82, 2.24) is 19.8 Å². The number of halogens is 1. The van der Waals surface area contributed by atoms with Crippen LogP contribution < -0.4 is 15.6 Å². The molecule has 0 radical (unpaired) electrons. The fraction of sp³-hybridized carbons (Fsp3) is 0.464. The molecule has 8 heteroatoms. The van der Waals surface area contributed by atoms with Gasteiger partial charge in [-0.25, -0.2) is 9.37 Å². The number of carbonyl (C=O) groups is 1. The molecule has 1 aliphatic rings. The number of ether oxygens (including phenoxy) is 1. The number of nitrogens with zero attached hydrogens (tertiary/aromatic N) is 3. The van der Waals surface area contributed by atoms with Gasteiger partial charge in [0.25, 0.3) is 5.56 Å². The van der Waals surface area contributed by atoms with Crippen molar-refractivity contribution in [2.45, 2.75) is 52.6 Å². The van der Waals surface area contributed by atoms with Gasteiger partial charge in [-0.1, -0.05) is 25.5 Å². The van der Waals surface area contributed by atoms with Crippen LogP contribution in [0.4, 0.5) is 4.39 Å². The SMILES string of the molecule is CC(COc1ccc2nc(-c3cccc(F)c3)n(CC(=O)NC(C)C)c(=O)c2c1)CN1CCCCC1. The molecule has 0 spiro atoms. The van der Waals surface area contributed by atoms with E-state index in [4.69, 9.17) is 4.74 Å². The lowest BCUT2D eigenvalue weighted by Gasteiger charge is -2.29. The van der Waals surface area contributed by atoms with Gasteiger partial charge in [0.1, 0.15) is 23.9 Å². The van der Waals surface area contributed by atoms with Crippen LogP contribution in [0.3, 0.4) is 0 Å². The highest BCUT2D eigenvalue weighted by Crippen LogP contribution is 2.23. The molecule has 1 unspecified atom stereocenters. The van der Waals surface area contributed by atoms with Gasteiger partial charge in [-0.2, -0.15) is 0 Å². The van der Waals surface area contributed by atoms with E-state index in [2.05, 4.69) is 22.1 Å². The minimum Gasteiger partial charge on any atom is -0.493 e. The molecule has 1 aromatic heterocycles. The van der Waals surface area contributed by atoms with E-state index in [9.17, 15) is 14.0 Å². The number of piperidine rings is 1. The number of carbonyl (C=O) groups excluding carboxylic acids is 1. The van der Waals surface area contributed by atoms with E-state index < -0.39 is 5.82 Å². The Kier molecular flexibility index (Phi) is 8.36. The van der Waals surface area contributed by atoms with E-state index in [1.165, 1.54) is 36.0 Å². The van der Waals surface area contributed by atoms with Gasteiger partial charge in [0.05, 0.1) is 17.5 Å². The molecule has 4 rings (SSSR count). The van der Waals surface area contributed by atoms with Crippen LogP contribution in [0.1, 0.15) is 40.0 Å². The van der Waals surface area contributed by atoms with Crippen molar-refractivity contribution in [3.05, 3.63) is 58.6 Å². The molecule has 2 aromatic carbocycles. The highest BCUT2D eigenvalue weighted by molar-refractivity contribution is 5.83. The Balaban J connectivity index is 1.62. The predicted octanol–water partition coefficient (Wildman–Crippen LogP) is 4.23. The molecule has 2 heterocycles. The molecule has 36 heavy (non-hydrogen) atoms. The maximum Gasteiger partial charge on any atom is 0.262 e. The first-order valence-electron chi connectivity index (χ1n) is 12.7. The maximum atomic E-state index is 14.0. The molecule has 1 fully saturated rings. The van der Waals surface area contributed by atoms with Crippen LogP contribution >= 0.6 is 0 Å². The first-order valence-corrected chi connectivity index (χ1v) is 12.7. The summed E-state index contributed by atoms with van der Waals surface area (Å²) in [4.78, 5) is 33.3. The standard InChI is InChI=1S/C28H35FN4O3/c1-19(2)30-26(34)17-33-27(21-8-7-9-22(29)14-21)31-25-11-10-23(15-24(25)28(33)35)36-18-20(3)16-32-12-5-4-6-13-32/h7-11,14-15,19-20H,4-6,12-13,16-18H2,1-3H3,(H,30,34). The average molecular weight is 495 g/mol. The van der Waals surface area contributed by atoms with Crippen LogP contribution in [0, 0.1) is 11.7 Å². The molecular weight excluding hydrogens is 459 g/mol. The summed E-state index contributed by atoms with van der Waals surface area (Å²) in [6.45, 7) is 9.47. The van der Waals surface area contributed by atoms with Crippen LogP contribution in [0.2, 0.25) is 0 Å². The van der Waals surface area contributed by atoms with Crippen molar-refractivity contribution in [2.75, 3.05) is 26.2 Å². The number of fused-ring (bicyclic) bond motifs is 1. The second kappa shape index (κ2) is 11.6. The molecule has 1 aliphatic heterocycles. The highest BCUT2D eigenvalue weighted by Gasteiger charge is 2.18. The summed E-state index contributed by atoms with van der Waals surface area (Å²) in [5, 5.41) is 3.16. The van der Waals surface area contributed by atoms with Gasteiger partial charge in [0, 0.05) is 24.1 Å². The van der Waals surface area contributed by atoms with E-state index >= 15 is 0 Å². The summed E-state index contributed by atoms with van der Waals surface area (Å²) < 4.78 is 21.3. The number of hydrogen-bond donors (Lipinski definition) is 1. The fourth-order valence-corrected chi connectivity index (χ4v) is 4.67. The number of benzene rings is 2. The van der Waals surface area contributed by atoms with Gasteiger partial charge in [0.2, 0.25) is 5.91 Å². The Morgan fingerprint density at radius 3 is 2.61 bits per heavy atom. The fourth-order valence-electron chi connectivity index (χ4n) is 4.67. The Morgan fingerprint density at radius 1 is 1.11 bits per heavy atom. The van der Waals surface area contributed by atoms with Gasteiger partial charge in [-0.3, -0.25) is 14.2 Å². The monoisotopic (exact) mass is 494 g/mol. The van der Waals surface area contributed by atoms with E-state index in [1.54, 1.807) is 30.3 Å². The summed E-state index contributed by atoms with van der Waals surface area (Å²) in [6.07, 6.45) is 3.82. The van der Waals surface area contributed by atoms with Gasteiger partial charge in [-0.05, 0) is 70.1 Å². The minimum atomic E-state index is -0.442. The lowest BCUT2D eigenvalue weighted by molar-refractivity contribution is -0.122. The normalized spacial score (nSPS) is 15.2. The Bertz CT molecular complexity index is 1270. The molecule has 192 valence electrons. The average Bonchev–Trinajstić information content (AvgIpc) is 2.84. The van der Waals surface area contributed by atoms with Gasteiger partial charge < -0.3 is 15.0 Å². The summed E-state index contributed by atoms with van der Waals surface area (Å²) >= 11 is 0. The largest absolute Gasteiger partial charge is 0.493 e. The van der Waals surface area contributed by atoms with E-state index in [1.807, 2.05) is 13.8 Å². The van der Waals surface area contributed by atoms with Crippen LogP contribution in [-0.2, 0) is 11.3 Å². The molecular formula is C28H35FN4O3. The molecule has 7 nitrogen and oxygen atoms in total. The minimum absolute atomic E-state index is 0.0776. The summed E-state index contributed by atoms with van der Waals surface area (Å²) in [7, 11) is 0. The first-order chi connectivity index (χ1) is 17.3. The molecule has 0 bridgehead atoms. The zero-order valence-corrected chi connectivity index (χ0v) is 21.3. The number of rotatable bonds is 9. The highest BCUT2D eigenvalue weighted by atomic mass is 19.1. The first kappa shape index (κ1) is 25.8. The van der Waals surface area contributed by atoms with Crippen molar-refractivity contribution in [2.24, 2.45) is 5.92 Å². The summed E-state index contributed by atoms with van der Waals surface area (Å²) in [6, 6.07) is 11.0. The number of amides is 1. The number of nitrogens with one attached hydrogen (secondary N) is 1. The van der Waals surface area contributed by atoms with Crippen LogP contribution in [0.15, 0.2) is 47.3 Å². The third kappa shape index (κ3) is 6.49. The quantitative estimate of drug-likeness (QED) is 0.482. The van der Waals surface area contributed by atoms with Crippen molar-refractivity contribution in [3.8, 4) is 17.1 Å². The zero-order chi connectivity index (χ0) is 25.7. The second-order valence-corrected chi connectivity index (χ2v) is 10.0. The molecule has 1 saturated heterocycles. The Morgan fingerprint density at radius 2 is 1.89 bits per heavy atom. The smallest absolute Gasteiger partial charge is 0.262 e. The second-order valence-electron chi connectivity index (χ2n) is 10.0. The number of aromatic nitrogens is 2. The van der Waals surface area contributed by atoms with E-state index in [0.29, 0.717) is 34.7 Å². The topological polar surface area (TPSA) is 76.5 Å². The lowest BCUT2D eigenvalue weighted by Crippen LogP contribution is -2.37. The van der Waals surface area contributed by atoms with Crippen LogP contribution in [0.25, 0.3) is 22.3 Å². The molecule has 3 aromatic rings. The molecule has 0 aliphatic carbocycles.